The van der Waals surface area contributed by atoms with Gasteiger partial charge >= 0.3 is 0 Å². The van der Waals surface area contributed by atoms with Gasteiger partial charge in [-0.15, -0.1) is 0 Å². The molecule has 0 saturated heterocycles. The van der Waals surface area contributed by atoms with Crippen molar-refractivity contribution in [3.05, 3.63) is 53.1 Å². The largest absolute Gasteiger partial charge is 0.492 e. The van der Waals surface area contributed by atoms with E-state index in [4.69, 9.17) is 21.1 Å². The second kappa shape index (κ2) is 7.88. The fourth-order valence-electron chi connectivity index (χ4n) is 2.01. The van der Waals surface area contributed by atoms with E-state index in [1.54, 1.807) is 30.3 Å². The topological polar surface area (TPSA) is 47.6 Å². The molecule has 2 aromatic rings. The molecular formula is C18H20ClNO3. The highest BCUT2D eigenvalue weighted by Gasteiger charge is 2.10. The summed E-state index contributed by atoms with van der Waals surface area (Å²) in [5.41, 5.74) is 1.16. The summed E-state index contributed by atoms with van der Waals surface area (Å²) < 4.78 is 10.9. The smallest absolute Gasteiger partial charge is 0.255 e. The highest BCUT2D eigenvalue weighted by atomic mass is 35.5. The summed E-state index contributed by atoms with van der Waals surface area (Å²) in [5.74, 6) is 1.11. The van der Waals surface area contributed by atoms with Crippen LogP contribution < -0.4 is 14.8 Å². The number of halogens is 1. The van der Waals surface area contributed by atoms with Crippen molar-refractivity contribution in [1.82, 2.24) is 0 Å². The molecule has 2 rings (SSSR count). The summed E-state index contributed by atoms with van der Waals surface area (Å²) >= 11 is 6.10. The van der Waals surface area contributed by atoms with Gasteiger partial charge in [0.2, 0.25) is 0 Å². The van der Waals surface area contributed by atoms with Gasteiger partial charge in [-0.05, 0) is 63.2 Å². The molecule has 0 radical (unpaired) electrons. The zero-order chi connectivity index (χ0) is 16.8. The quantitative estimate of drug-likeness (QED) is 0.827. The molecule has 0 saturated carbocycles. The summed E-state index contributed by atoms with van der Waals surface area (Å²) in [6.45, 7) is 6.33. The van der Waals surface area contributed by atoms with Gasteiger partial charge in [0, 0.05) is 11.3 Å². The first-order valence-electron chi connectivity index (χ1n) is 7.50. The van der Waals surface area contributed by atoms with Crippen molar-refractivity contribution in [3.63, 3.8) is 0 Å². The molecule has 23 heavy (non-hydrogen) atoms. The number of hydrogen-bond acceptors (Lipinski definition) is 3. The van der Waals surface area contributed by atoms with Crippen LogP contribution in [-0.2, 0) is 0 Å². The molecule has 0 aliphatic rings. The molecule has 5 heteroatoms. The van der Waals surface area contributed by atoms with Crippen molar-refractivity contribution >= 4 is 23.2 Å². The summed E-state index contributed by atoms with van der Waals surface area (Å²) in [6, 6.07) is 12.2. The Balaban J connectivity index is 2.05. The fraction of sp³-hybridized carbons (Fsp3) is 0.278. The van der Waals surface area contributed by atoms with Crippen LogP contribution in [0, 0.1) is 0 Å². The predicted molar refractivity (Wildman–Crippen MR) is 92.8 cm³/mol. The minimum Gasteiger partial charge on any atom is -0.492 e. The molecule has 0 fully saturated rings. The summed E-state index contributed by atoms with van der Waals surface area (Å²) in [7, 11) is 0. The first kappa shape index (κ1) is 17.2. The van der Waals surface area contributed by atoms with Crippen LogP contribution in [-0.4, -0.2) is 18.6 Å². The number of ether oxygens (including phenoxy) is 2. The number of benzene rings is 2. The Labute approximate surface area is 141 Å². The van der Waals surface area contributed by atoms with E-state index in [1.165, 1.54) is 0 Å². The third-order valence-electron chi connectivity index (χ3n) is 2.98. The zero-order valence-electron chi connectivity index (χ0n) is 13.4. The molecule has 0 atom stereocenters. The lowest BCUT2D eigenvalue weighted by molar-refractivity contribution is 0.102. The molecule has 4 nitrogen and oxygen atoms in total. The highest BCUT2D eigenvalue weighted by molar-refractivity contribution is 6.32. The van der Waals surface area contributed by atoms with Gasteiger partial charge in [-0.2, -0.15) is 0 Å². The van der Waals surface area contributed by atoms with E-state index in [0.29, 0.717) is 28.6 Å². The van der Waals surface area contributed by atoms with Crippen LogP contribution in [0.1, 0.15) is 31.1 Å². The van der Waals surface area contributed by atoms with Crippen molar-refractivity contribution in [2.45, 2.75) is 26.9 Å². The predicted octanol–water partition coefficient (Wildman–Crippen LogP) is 4.78. The fourth-order valence-corrected chi connectivity index (χ4v) is 2.24. The van der Waals surface area contributed by atoms with Crippen molar-refractivity contribution < 1.29 is 14.3 Å². The average molecular weight is 334 g/mol. The number of nitrogens with one attached hydrogen (secondary N) is 1. The minimum absolute atomic E-state index is 0.112. The standard InChI is InChI=1S/C18H20ClNO3/c1-4-22-17-10-5-13(11-16(17)19)18(21)20-14-6-8-15(9-7-14)23-12(2)3/h5-12H,4H2,1-3H3,(H,20,21). The zero-order valence-corrected chi connectivity index (χ0v) is 14.2. The van der Waals surface area contributed by atoms with Gasteiger partial charge < -0.3 is 14.8 Å². The molecule has 0 heterocycles. The van der Waals surface area contributed by atoms with E-state index in [0.717, 1.165) is 5.75 Å². The molecule has 2 aromatic carbocycles. The summed E-state index contributed by atoms with van der Waals surface area (Å²) in [6.07, 6.45) is 0.112. The molecule has 1 amide bonds. The van der Waals surface area contributed by atoms with E-state index in [1.807, 2.05) is 32.9 Å². The van der Waals surface area contributed by atoms with Crippen LogP contribution in [0.3, 0.4) is 0 Å². The van der Waals surface area contributed by atoms with Gasteiger partial charge in [0.15, 0.2) is 0 Å². The van der Waals surface area contributed by atoms with E-state index in [9.17, 15) is 4.79 Å². The Morgan fingerprint density at radius 1 is 1.17 bits per heavy atom. The molecule has 0 aromatic heterocycles. The van der Waals surface area contributed by atoms with Crippen LogP contribution in [0.25, 0.3) is 0 Å². The summed E-state index contributed by atoms with van der Waals surface area (Å²) in [5, 5.41) is 3.24. The molecule has 0 aliphatic carbocycles. The van der Waals surface area contributed by atoms with Crippen LogP contribution in [0.4, 0.5) is 5.69 Å². The Bertz CT molecular complexity index is 668. The number of rotatable bonds is 6. The van der Waals surface area contributed by atoms with Crippen molar-refractivity contribution in [2.24, 2.45) is 0 Å². The molecule has 0 bridgehead atoms. The first-order valence-corrected chi connectivity index (χ1v) is 7.87. The highest BCUT2D eigenvalue weighted by Crippen LogP contribution is 2.26. The van der Waals surface area contributed by atoms with Gasteiger partial charge in [-0.1, -0.05) is 11.6 Å². The lowest BCUT2D eigenvalue weighted by Gasteiger charge is -2.11. The number of amides is 1. The van der Waals surface area contributed by atoms with Gasteiger partial charge in [0.25, 0.3) is 5.91 Å². The van der Waals surface area contributed by atoms with Crippen molar-refractivity contribution in [1.29, 1.82) is 0 Å². The van der Waals surface area contributed by atoms with Crippen LogP contribution in [0.15, 0.2) is 42.5 Å². The Morgan fingerprint density at radius 3 is 2.43 bits per heavy atom. The number of hydrogen-bond donors (Lipinski definition) is 1. The molecule has 0 unspecified atom stereocenters. The van der Waals surface area contributed by atoms with Gasteiger partial charge in [0.1, 0.15) is 11.5 Å². The maximum absolute atomic E-state index is 12.3. The lowest BCUT2D eigenvalue weighted by Crippen LogP contribution is -2.12. The second-order valence-electron chi connectivity index (χ2n) is 5.22. The monoisotopic (exact) mass is 333 g/mol. The molecule has 0 spiro atoms. The van der Waals surface area contributed by atoms with Gasteiger partial charge in [-0.25, -0.2) is 0 Å². The van der Waals surface area contributed by atoms with E-state index in [2.05, 4.69) is 5.32 Å². The number of carbonyl (C=O) groups is 1. The van der Waals surface area contributed by atoms with Crippen molar-refractivity contribution in [3.8, 4) is 11.5 Å². The molecule has 1 N–H and O–H groups in total. The van der Waals surface area contributed by atoms with Crippen LogP contribution in [0.5, 0.6) is 11.5 Å². The van der Waals surface area contributed by atoms with Crippen molar-refractivity contribution in [2.75, 3.05) is 11.9 Å². The van der Waals surface area contributed by atoms with E-state index in [-0.39, 0.29) is 12.0 Å². The van der Waals surface area contributed by atoms with Gasteiger partial charge in [0.05, 0.1) is 17.7 Å². The maximum atomic E-state index is 12.3. The SMILES string of the molecule is CCOc1ccc(C(=O)Nc2ccc(OC(C)C)cc2)cc1Cl. The Morgan fingerprint density at radius 2 is 1.87 bits per heavy atom. The van der Waals surface area contributed by atoms with Gasteiger partial charge in [-0.3, -0.25) is 4.79 Å². The Hall–Kier alpha value is -2.20. The number of anilines is 1. The second-order valence-corrected chi connectivity index (χ2v) is 5.63. The first-order chi connectivity index (χ1) is 11.0. The third-order valence-corrected chi connectivity index (χ3v) is 3.27. The van der Waals surface area contributed by atoms with Crippen LogP contribution in [0.2, 0.25) is 5.02 Å². The number of carbonyl (C=O) groups excluding carboxylic acids is 1. The maximum Gasteiger partial charge on any atom is 0.255 e. The molecular weight excluding hydrogens is 314 g/mol. The van der Waals surface area contributed by atoms with Crippen LogP contribution >= 0.6 is 11.6 Å². The van der Waals surface area contributed by atoms with E-state index >= 15 is 0 Å². The minimum atomic E-state index is -0.229. The van der Waals surface area contributed by atoms with E-state index < -0.39 is 0 Å². The molecule has 0 aliphatic heterocycles. The normalized spacial score (nSPS) is 10.5. The molecule has 122 valence electrons. The average Bonchev–Trinajstić information content (AvgIpc) is 2.51. The Kier molecular flexibility index (Phi) is 5.88. The lowest BCUT2D eigenvalue weighted by atomic mass is 10.2. The summed E-state index contributed by atoms with van der Waals surface area (Å²) in [4.78, 5) is 12.3. The third kappa shape index (κ3) is 4.89.